The highest BCUT2D eigenvalue weighted by atomic mass is 35.5. The lowest BCUT2D eigenvalue weighted by molar-refractivity contribution is 0.263. The van der Waals surface area contributed by atoms with Gasteiger partial charge in [0.25, 0.3) is 10.0 Å². The minimum atomic E-state index is -3.79. The fourth-order valence-corrected chi connectivity index (χ4v) is 5.36. The standard InChI is InChI=1S/C19H22Cl2N2O3S/c1-23(2)15-4-5-16-17(11-15)18(26-3)6-7-19(16)27(24,25)22-14-9-12(20)8-13(21)10-14/h6-10,15,22H,4-5,11H2,1-3H3. The SMILES string of the molecule is COc1ccc(S(=O)(=O)Nc2cc(Cl)cc(Cl)c2)c2c1CC(N(C)C)CC2. The highest BCUT2D eigenvalue weighted by Crippen LogP contribution is 2.36. The molecule has 0 spiro atoms. The number of likely N-dealkylation sites (N-methyl/N-ethyl adjacent to an activating group) is 1. The molecule has 27 heavy (non-hydrogen) atoms. The van der Waals surface area contributed by atoms with Gasteiger partial charge in [-0.05, 0) is 69.3 Å². The van der Waals surface area contributed by atoms with E-state index in [0.29, 0.717) is 28.2 Å². The zero-order valence-corrected chi connectivity index (χ0v) is 17.7. The number of rotatable bonds is 5. The van der Waals surface area contributed by atoms with Crippen LogP contribution in [0.15, 0.2) is 35.2 Å². The number of halogens is 2. The highest BCUT2D eigenvalue weighted by Gasteiger charge is 2.29. The number of ether oxygens (including phenoxy) is 1. The Bertz CT molecular complexity index is 941. The second-order valence-corrected chi connectivity index (χ2v) is 9.37. The number of methoxy groups -OCH3 is 1. The minimum Gasteiger partial charge on any atom is -0.496 e. The average Bonchev–Trinajstić information content (AvgIpc) is 2.58. The number of fused-ring (bicyclic) bond motifs is 1. The van der Waals surface area contributed by atoms with Crippen molar-refractivity contribution in [3.05, 3.63) is 51.5 Å². The van der Waals surface area contributed by atoms with Gasteiger partial charge in [-0.25, -0.2) is 8.42 Å². The van der Waals surface area contributed by atoms with Crippen molar-refractivity contribution in [1.29, 1.82) is 0 Å². The fraction of sp³-hybridized carbons (Fsp3) is 0.368. The van der Waals surface area contributed by atoms with Gasteiger partial charge in [0.05, 0.1) is 17.7 Å². The minimum absolute atomic E-state index is 0.270. The summed E-state index contributed by atoms with van der Waals surface area (Å²) < 4.78 is 34.2. The van der Waals surface area contributed by atoms with Crippen molar-refractivity contribution in [2.45, 2.75) is 30.2 Å². The molecular formula is C19H22Cl2N2O3S. The van der Waals surface area contributed by atoms with Gasteiger partial charge in [-0.15, -0.1) is 0 Å². The molecule has 0 saturated carbocycles. The third kappa shape index (κ3) is 4.35. The molecule has 2 aromatic rings. The molecule has 3 rings (SSSR count). The maximum absolute atomic E-state index is 13.1. The van der Waals surface area contributed by atoms with Crippen LogP contribution in [0.2, 0.25) is 10.0 Å². The van der Waals surface area contributed by atoms with Gasteiger partial charge in [-0.3, -0.25) is 4.72 Å². The maximum Gasteiger partial charge on any atom is 0.262 e. The van der Waals surface area contributed by atoms with E-state index in [0.717, 1.165) is 29.7 Å². The summed E-state index contributed by atoms with van der Waals surface area (Å²) in [6.07, 6.45) is 2.30. The van der Waals surface area contributed by atoms with Crippen LogP contribution in [0.25, 0.3) is 0 Å². The Morgan fingerprint density at radius 3 is 2.37 bits per heavy atom. The van der Waals surface area contributed by atoms with Gasteiger partial charge in [0.15, 0.2) is 0 Å². The lowest BCUT2D eigenvalue weighted by Crippen LogP contribution is -2.34. The molecule has 0 aliphatic heterocycles. The van der Waals surface area contributed by atoms with Crippen molar-refractivity contribution >= 4 is 38.9 Å². The van der Waals surface area contributed by atoms with Crippen LogP contribution in [0.3, 0.4) is 0 Å². The van der Waals surface area contributed by atoms with E-state index >= 15 is 0 Å². The van der Waals surface area contributed by atoms with Crippen LogP contribution >= 0.6 is 23.2 Å². The van der Waals surface area contributed by atoms with Crippen LogP contribution in [-0.4, -0.2) is 40.6 Å². The Hall–Kier alpha value is -1.47. The topological polar surface area (TPSA) is 58.6 Å². The molecule has 1 aliphatic rings. The van der Waals surface area contributed by atoms with Crippen molar-refractivity contribution in [2.75, 3.05) is 25.9 Å². The predicted octanol–water partition coefficient (Wildman–Crippen LogP) is 4.22. The van der Waals surface area contributed by atoms with E-state index in [1.54, 1.807) is 25.3 Å². The summed E-state index contributed by atoms with van der Waals surface area (Å²) in [5.74, 6) is 0.723. The molecule has 8 heteroatoms. The number of anilines is 1. The van der Waals surface area contributed by atoms with E-state index in [1.807, 2.05) is 14.1 Å². The van der Waals surface area contributed by atoms with Crippen LogP contribution in [0.4, 0.5) is 5.69 Å². The summed E-state index contributed by atoms with van der Waals surface area (Å²) in [6.45, 7) is 0. The Balaban J connectivity index is 2.02. The molecule has 146 valence electrons. The van der Waals surface area contributed by atoms with Crippen LogP contribution in [-0.2, 0) is 22.9 Å². The first-order chi connectivity index (χ1) is 12.7. The van der Waals surface area contributed by atoms with Crippen LogP contribution < -0.4 is 9.46 Å². The summed E-state index contributed by atoms with van der Waals surface area (Å²) in [7, 11) is 1.89. The monoisotopic (exact) mass is 428 g/mol. The molecule has 1 unspecified atom stereocenters. The van der Waals surface area contributed by atoms with Gasteiger partial charge in [0.1, 0.15) is 5.75 Å². The Kier molecular flexibility index (Phi) is 5.91. The summed E-state index contributed by atoms with van der Waals surface area (Å²) >= 11 is 12.0. The molecule has 1 aliphatic carbocycles. The number of hydrogen-bond donors (Lipinski definition) is 1. The zero-order chi connectivity index (χ0) is 19.8. The van der Waals surface area contributed by atoms with Crippen molar-refractivity contribution < 1.29 is 13.2 Å². The zero-order valence-electron chi connectivity index (χ0n) is 15.4. The van der Waals surface area contributed by atoms with Gasteiger partial charge >= 0.3 is 0 Å². The van der Waals surface area contributed by atoms with Crippen molar-refractivity contribution in [3.8, 4) is 5.75 Å². The third-order valence-electron chi connectivity index (χ3n) is 4.87. The average molecular weight is 429 g/mol. The molecule has 0 bridgehead atoms. The molecular weight excluding hydrogens is 407 g/mol. The molecule has 1 N–H and O–H groups in total. The smallest absolute Gasteiger partial charge is 0.262 e. The van der Waals surface area contributed by atoms with Gasteiger partial charge in [-0.2, -0.15) is 0 Å². The summed E-state index contributed by atoms with van der Waals surface area (Å²) in [5, 5.41) is 0.733. The van der Waals surface area contributed by atoms with Gasteiger partial charge in [0, 0.05) is 21.7 Å². The van der Waals surface area contributed by atoms with Gasteiger partial charge in [0.2, 0.25) is 0 Å². The summed E-state index contributed by atoms with van der Waals surface area (Å²) in [5.41, 5.74) is 2.10. The number of hydrogen-bond acceptors (Lipinski definition) is 4. The molecule has 0 heterocycles. The van der Waals surface area contributed by atoms with E-state index in [-0.39, 0.29) is 4.90 Å². The first-order valence-electron chi connectivity index (χ1n) is 8.55. The largest absolute Gasteiger partial charge is 0.496 e. The van der Waals surface area contributed by atoms with E-state index in [9.17, 15) is 8.42 Å². The maximum atomic E-state index is 13.1. The number of sulfonamides is 1. The Morgan fingerprint density at radius 1 is 1.11 bits per heavy atom. The van der Waals surface area contributed by atoms with Gasteiger partial charge in [-0.1, -0.05) is 23.2 Å². The van der Waals surface area contributed by atoms with Crippen molar-refractivity contribution in [3.63, 3.8) is 0 Å². The predicted molar refractivity (Wildman–Crippen MR) is 110 cm³/mol. The van der Waals surface area contributed by atoms with Crippen molar-refractivity contribution in [2.24, 2.45) is 0 Å². The molecule has 1 atom stereocenters. The van der Waals surface area contributed by atoms with E-state index in [4.69, 9.17) is 27.9 Å². The van der Waals surface area contributed by atoms with Crippen LogP contribution in [0, 0.1) is 0 Å². The third-order valence-corrected chi connectivity index (χ3v) is 6.77. The quantitative estimate of drug-likeness (QED) is 0.773. The van der Waals surface area contributed by atoms with Crippen LogP contribution in [0.5, 0.6) is 5.75 Å². The summed E-state index contributed by atoms with van der Waals surface area (Å²) in [6, 6.07) is 8.28. The number of benzene rings is 2. The molecule has 0 fully saturated rings. The molecule has 5 nitrogen and oxygen atoms in total. The molecule has 0 radical (unpaired) electrons. The van der Waals surface area contributed by atoms with Crippen LogP contribution in [0.1, 0.15) is 17.5 Å². The molecule has 0 amide bonds. The Morgan fingerprint density at radius 2 is 1.78 bits per heavy atom. The number of nitrogens with one attached hydrogen (secondary N) is 1. The van der Waals surface area contributed by atoms with E-state index in [2.05, 4.69) is 9.62 Å². The van der Waals surface area contributed by atoms with E-state index in [1.165, 1.54) is 12.1 Å². The number of nitrogens with zero attached hydrogens (tertiary/aromatic N) is 1. The lowest BCUT2D eigenvalue weighted by atomic mass is 9.87. The van der Waals surface area contributed by atoms with E-state index < -0.39 is 10.0 Å². The normalized spacial score (nSPS) is 16.9. The molecule has 0 aromatic heterocycles. The first-order valence-corrected chi connectivity index (χ1v) is 10.8. The molecule has 2 aromatic carbocycles. The van der Waals surface area contributed by atoms with Crippen molar-refractivity contribution in [1.82, 2.24) is 4.90 Å². The highest BCUT2D eigenvalue weighted by molar-refractivity contribution is 7.92. The first kappa shape index (κ1) is 20.3. The van der Waals surface area contributed by atoms with Gasteiger partial charge < -0.3 is 9.64 Å². The lowest BCUT2D eigenvalue weighted by Gasteiger charge is -2.31. The summed E-state index contributed by atoms with van der Waals surface area (Å²) in [4.78, 5) is 2.43. The molecule has 0 saturated heterocycles. The Labute approximate surface area is 170 Å². The fourth-order valence-electron chi connectivity index (χ4n) is 3.50. The second-order valence-electron chi connectivity index (χ2n) is 6.85. The second kappa shape index (κ2) is 7.87.